The summed E-state index contributed by atoms with van der Waals surface area (Å²) in [5, 5.41) is 3.15. The van der Waals surface area contributed by atoms with Gasteiger partial charge in [-0.15, -0.1) is 12.4 Å². The summed E-state index contributed by atoms with van der Waals surface area (Å²) in [6, 6.07) is 10.7. The summed E-state index contributed by atoms with van der Waals surface area (Å²) >= 11 is 0. The molecule has 0 saturated carbocycles. The molecular weight excluding hydrogens is 196 g/mol. The second-order valence-corrected chi connectivity index (χ2v) is 3.41. The average Bonchev–Trinajstić information content (AvgIpc) is 2.58. The predicted octanol–water partition coefficient (Wildman–Crippen LogP) is 1.72. The number of halogens is 1. The number of hydrogen-bond acceptors (Lipinski definition) is 2. The van der Waals surface area contributed by atoms with Gasteiger partial charge in [0.25, 0.3) is 0 Å². The first-order valence-electron chi connectivity index (χ1n) is 4.77. The van der Waals surface area contributed by atoms with E-state index in [9.17, 15) is 0 Å². The zero-order valence-electron chi connectivity index (χ0n) is 8.57. The summed E-state index contributed by atoms with van der Waals surface area (Å²) in [7, 11) is 0. The average molecular weight is 215 g/mol. The SMILES string of the molecule is Cc1ccccc1.Cl.N[C@@H]1CCNC1. The molecule has 1 aromatic carbocycles. The molecule has 0 amide bonds. The van der Waals surface area contributed by atoms with Gasteiger partial charge in [-0.3, -0.25) is 0 Å². The van der Waals surface area contributed by atoms with Gasteiger partial charge in [-0.2, -0.15) is 0 Å². The molecule has 0 unspecified atom stereocenters. The molecule has 1 atom stereocenters. The fourth-order valence-corrected chi connectivity index (χ4v) is 1.21. The molecule has 3 heteroatoms. The first-order chi connectivity index (χ1) is 6.29. The lowest BCUT2D eigenvalue weighted by atomic mass is 10.2. The first-order valence-corrected chi connectivity index (χ1v) is 4.77. The molecule has 0 bridgehead atoms. The van der Waals surface area contributed by atoms with Crippen molar-refractivity contribution >= 4 is 12.4 Å². The molecule has 2 nitrogen and oxygen atoms in total. The van der Waals surface area contributed by atoms with E-state index in [0.29, 0.717) is 6.04 Å². The lowest BCUT2D eigenvalue weighted by Crippen LogP contribution is -2.21. The first kappa shape index (κ1) is 13.4. The lowest BCUT2D eigenvalue weighted by Gasteiger charge is -1.91. The zero-order valence-corrected chi connectivity index (χ0v) is 9.39. The highest BCUT2D eigenvalue weighted by Crippen LogP contribution is 1.92. The second kappa shape index (κ2) is 7.80. The quantitative estimate of drug-likeness (QED) is 0.691. The zero-order chi connectivity index (χ0) is 9.52. The van der Waals surface area contributed by atoms with Gasteiger partial charge in [-0.05, 0) is 19.9 Å². The van der Waals surface area contributed by atoms with Crippen LogP contribution in [-0.4, -0.2) is 19.1 Å². The summed E-state index contributed by atoms with van der Waals surface area (Å²) in [5.41, 5.74) is 6.79. The minimum absolute atomic E-state index is 0. The molecule has 1 aliphatic rings. The molecule has 14 heavy (non-hydrogen) atoms. The third-order valence-corrected chi connectivity index (χ3v) is 2.04. The van der Waals surface area contributed by atoms with Crippen molar-refractivity contribution in [2.75, 3.05) is 13.1 Å². The Labute approximate surface area is 92.3 Å². The van der Waals surface area contributed by atoms with Crippen LogP contribution in [-0.2, 0) is 0 Å². The van der Waals surface area contributed by atoms with Crippen molar-refractivity contribution in [3.05, 3.63) is 35.9 Å². The van der Waals surface area contributed by atoms with Crippen molar-refractivity contribution in [3.8, 4) is 0 Å². The Morgan fingerprint density at radius 1 is 1.29 bits per heavy atom. The molecule has 3 N–H and O–H groups in total. The fraction of sp³-hybridized carbons (Fsp3) is 0.455. The molecule has 2 rings (SSSR count). The van der Waals surface area contributed by atoms with E-state index in [2.05, 4.69) is 24.4 Å². The van der Waals surface area contributed by atoms with Crippen LogP contribution in [0.15, 0.2) is 30.3 Å². The molecule has 0 aliphatic carbocycles. The Kier molecular flexibility index (Phi) is 7.48. The van der Waals surface area contributed by atoms with Crippen molar-refractivity contribution in [3.63, 3.8) is 0 Å². The van der Waals surface area contributed by atoms with Gasteiger partial charge in [0.15, 0.2) is 0 Å². The smallest absolute Gasteiger partial charge is 0.0177 e. The van der Waals surface area contributed by atoms with Crippen LogP contribution in [0, 0.1) is 6.92 Å². The summed E-state index contributed by atoms with van der Waals surface area (Å²) in [5.74, 6) is 0. The number of hydrogen-bond donors (Lipinski definition) is 2. The Balaban J connectivity index is 0.000000227. The maximum Gasteiger partial charge on any atom is 0.0177 e. The third-order valence-electron chi connectivity index (χ3n) is 2.04. The van der Waals surface area contributed by atoms with E-state index in [0.717, 1.165) is 19.5 Å². The van der Waals surface area contributed by atoms with Crippen molar-refractivity contribution < 1.29 is 0 Å². The molecule has 1 heterocycles. The van der Waals surface area contributed by atoms with Crippen molar-refractivity contribution in [1.29, 1.82) is 0 Å². The largest absolute Gasteiger partial charge is 0.327 e. The van der Waals surface area contributed by atoms with E-state index in [4.69, 9.17) is 5.73 Å². The number of aryl methyl sites for hydroxylation is 1. The van der Waals surface area contributed by atoms with Crippen LogP contribution < -0.4 is 11.1 Å². The molecule has 80 valence electrons. The van der Waals surface area contributed by atoms with Crippen LogP contribution in [0.5, 0.6) is 0 Å². The molecule has 1 fully saturated rings. The highest BCUT2D eigenvalue weighted by atomic mass is 35.5. The van der Waals surface area contributed by atoms with E-state index in [1.807, 2.05) is 18.2 Å². The summed E-state index contributed by atoms with van der Waals surface area (Å²) < 4.78 is 0. The van der Waals surface area contributed by atoms with Crippen LogP contribution >= 0.6 is 12.4 Å². The van der Waals surface area contributed by atoms with Gasteiger partial charge in [-0.25, -0.2) is 0 Å². The molecule has 0 radical (unpaired) electrons. The minimum atomic E-state index is 0. The maximum atomic E-state index is 5.47. The van der Waals surface area contributed by atoms with E-state index >= 15 is 0 Å². The van der Waals surface area contributed by atoms with Gasteiger partial charge in [0.2, 0.25) is 0 Å². The van der Waals surface area contributed by atoms with Crippen LogP contribution in [0.3, 0.4) is 0 Å². The topological polar surface area (TPSA) is 38.0 Å². The molecule has 0 spiro atoms. The monoisotopic (exact) mass is 214 g/mol. The maximum absolute atomic E-state index is 5.47. The van der Waals surface area contributed by atoms with Crippen LogP contribution in [0.1, 0.15) is 12.0 Å². The van der Waals surface area contributed by atoms with Gasteiger partial charge in [-0.1, -0.05) is 35.9 Å². The van der Waals surface area contributed by atoms with Gasteiger partial charge in [0, 0.05) is 12.6 Å². The van der Waals surface area contributed by atoms with Crippen LogP contribution in [0.4, 0.5) is 0 Å². The summed E-state index contributed by atoms with van der Waals surface area (Å²) in [6.45, 7) is 4.21. The molecule has 1 aliphatic heterocycles. The summed E-state index contributed by atoms with van der Waals surface area (Å²) in [4.78, 5) is 0. The van der Waals surface area contributed by atoms with Crippen molar-refractivity contribution in [1.82, 2.24) is 5.32 Å². The molecule has 1 aromatic rings. The van der Waals surface area contributed by atoms with E-state index in [1.54, 1.807) is 0 Å². The summed E-state index contributed by atoms with van der Waals surface area (Å²) in [6.07, 6.45) is 1.15. The Bertz CT molecular complexity index is 220. The Morgan fingerprint density at radius 2 is 1.93 bits per heavy atom. The highest BCUT2D eigenvalue weighted by Gasteiger charge is 2.06. The number of nitrogens with one attached hydrogen (secondary N) is 1. The second-order valence-electron chi connectivity index (χ2n) is 3.41. The van der Waals surface area contributed by atoms with Gasteiger partial charge >= 0.3 is 0 Å². The van der Waals surface area contributed by atoms with E-state index in [-0.39, 0.29) is 12.4 Å². The number of nitrogens with two attached hydrogens (primary N) is 1. The normalized spacial score (nSPS) is 19.1. The number of rotatable bonds is 0. The fourth-order valence-electron chi connectivity index (χ4n) is 1.21. The standard InChI is InChI=1S/C7H8.C4H10N2.ClH/c1-7-5-3-2-4-6-7;5-4-1-2-6-3-4;/h2-6H,1H3;4,6H,1-3,5H2;1H/t;4-;/m.1./s1. The highest BCUT2D eigenvalue weighted by molar-refractivity contribution is 5.85. The van der Waals surface area contributed by atoms with Crippen molar-refractivity contribution in [2.24, 2.45) is 5.73 Å². The lowest BCUT2D eigenvalue weighted by molar-refractivity contribution is 0.742. The van der Waals surface area contributed by atoms with E-state index in [1.165, 1.54) is 5.56 Å². The van der Waals surface area contributed by atoms with E-state index < -0.39 is 0 Å². The van der Waals surface area contributed by atoms with Gasteiger partial charge < -0.3 is 11.1 Å². The van der Waals surface area contributed by atoms with Crippen molar-refractivity contribution in [2.45, 2.75) is 19.4 Å². The van der Waals surface area contributed by atoms with Crippen LogP contribution in [0.25, 0.3) is 0 Å². The Morgan fingerprint density at radius 3 is 2.14 bits per heavy atom. The van der Waals surface area contributed by atoms with Gasteiger partial charge in [0.05, 0.1) is 0 Å². The molecule has 0 aromatic heterocycles. The third kappa shape index (κ3) is 5.97. The predicted molar refractivity (Wildman–Crippen MR) is 63.9 cm³/mol. The molecule has 1 saturated heterocycles. The number of benzene rings is 1. The van der Waals surface area contributed by atoms with Gasteiger partial charge in [0.1, 0.15) is 0 Å². The Hall–Kier alpha value is -0.570. The molecular formula is C11H19ClN2. The van der Waals surface area contributed by atoms with Crippen LogP contribution in [0.2, 0.25) is 0 Å². The minimum Gasteiger partial charge on any atom is -0.327 e.